The molecule has 0 spiro atoms. The number of aldehydes is 1. The fraction of sp³-hybridized carbons (Fsp3) is 0.333. The maximum Gasteiger partial charge on any atom is 0.550 e. The molecular weight excluding hydrogens is 100 g/mol. The monoisotopic (exact) mass is 103 g/mol. The molecule has 0 amide bonds. The van der Waals surface area contributed by atoms with Gasteiger partial charge in [-0.2, -0.15) is 9.90 Å². The maximum absolute atomic E-state index is 9.29. The van der Waals surface area contributed by atoms with E-state index in [1.165, 1.54) is 0 Å². The zero-order chi connectivity index (χ0) is 5.70. The van der Waals surface area contributed by atoms with Gasteiger partial charge in [-0.05, 0) is 0 Å². The van der Waals surface area contributed by atoms with Crippen LogP contribution in [0.15, 0.2) is 0 Å². The lowest BCUT2D eigenvalue weighted by Gasteiger charge is -1.83. The first-order valence-electron chi connectivity index (χ1n) is 1.54. The highest BCUT2D eigenvalue weighted by molar-refractivity contribution is 5.60. The lowest BCUT2D eigenvalue weighted by molar-refractivity contribution is -0.111. The number of ether oxygens (including phenoxy) is 1. The van der Waals surface area contributed by atoms with Crippen LogP contribution in [0, 0.1) is 0 Å². The van der Waals surface area contributed by atoms with Crippen LogP contribution in [-0.4, -0.2) is 19.0 Å². The Hall–Kier alpha value is -1.06. The van der Waals surface area contributed by atoms with Gasteiger partial charge in [-0.1, -0.05) is 0 Å². The normalized spacial score (nSPS) is 7.43. The van der Waals surface area contributed by atoms with Crippen LogP contribution in [0.5, 0.6) is 0 Å². The summed E-state index contributed by atoms with van der Waals surface area (Å²) in [6.45, 7) is -0.442. The fourth-order valence-corrected chi connectivity index (χ4v) is 0.102. The molecule has 4 nitrogen and oxygen atoms in total. The van der Waals surface area contributed by atoms with Crippen molar-refractivity contribution < 1.29 is 19.4 Å². The molecular formula is C3H3O4. The zero-order valence-corrected chi connectivity index (χ0v) is 3.42. The number of rotatable bonds is 2. The molecule has 39 valence electrons. The van der Waals surface area contributed by atoms with Crippen LogP contribution < -0.4 is 0 Å². The van der Waals surface area contributed by atoms with E-state index in [2.05, 4.69) is 4.74 Å². The Bertz CT molecular complexity index is 77.0. The molecule has 0 aliphatic heterocycles. The first-order chi connectivity index (χ1) is 3.27. The van der Waals surface area contributed by atoms with E-state index in [9.17, 15) is 14.7 Å². The molecule has 0 aromatic rings. The lowest BCUT2D eigenvalue weighted by atomic mass is 10.8. The zero-order valence-electron chi connectivity index (χ0n) is 3.42. The highest BCUT2D eigenvalue weighted by Gasteiger charge is 1.93. The van der Waals surface area contributed by atoms with E-state index >= 15 is 0 Å². The van der Waals surface area contributed by atoms with Crippen molar-refractivity contribution in [2.75, 3.05) is 6.61 Å². The van der Waals surface area contributed by atoms with Gasteiger partial charge in [0.25, 0.3) is 0 Å². The molecule has 0 aliphatic rings. The third-order valence-corrected chi connectivity index (χ3v) is 0.269. The summed E-state index contributed by atoms with van der Waals surface area (Å²) < 4.78 is 3.63. The van der Waals surface area contributed by atoms with E-state index in [-0.39, 0.29) is 0 Å². The van der Waals surface area contributed by atoms with Crippen LogP contribution in [0.2, 0.25) is 0 Å². The molecule has 0 heterocycles. The average molecular weight is 103 g/mol. The second-order valence-electron chi connectivity index (χ2n) is 0.728. The Morgan fingerprint density at radius 1 is 1.71 bits per heavy atom. The predicted molar refractivity (Wildman–Crippen MR) is 18.1 cm³/mol. The van der Waals surface area contributed by atoms with Crippen LogP contribution >= 0.6 is 0 Å². The molecule has 0 atom stereocenters. The van der Waals surface area contributed by atoms with Crippen LogP contribution in [0.1, 0.15) is 0 Å². The number of carbonyl (C=O) groups excluding carboxylic acids is 2. The second-order valence-corrected chi connectivity index (χ2v) is 0.728. The van der Waals surface area contributed by atoms with Gasteiger partial charge in [-0.3, -0.25) is 4.79 Å². The molecule has 0 fully saturated rings. The summed E-state index contributed by atoms with van der Waals surface area (Å²) in [6.07, 6.45) is -1.34. The van der Waals surface area contributed by atoms with Crippen LogP contribution in [0.3, 0.4) is 0 Å². The smallest absolute Gasteiger partial charge is 0.424 e. The summed E-state index contributed by atoms with van der Waals surface area (Å²) in [7, 11) is 0. The van der Waals surface area contributed by atoms with Gasteiger partial charge in [-0.15, -0.1) is 0 Å². The van der Waals surface area contributed by atoms with E-state index < -0.39 is 12.8 Å². The maximum atomic E-state index is 9.29. The molecule has 4 heteroatoms. The topological polar surface area (TPSA) is 63.3 Å². The van der Waals surface area contributed by atoms with Crippen LogP contribution in [0.4, 0.5) is 4.79 Å². The highest BCUT2D eigenvalue weighted by atomic mass is 16.7. The van der Waals surface area contributed by atoms with Crippen LogP contribution in [0.25, 0.3) is 0 Å². The third kappa shape index (κ3) is 4.94. The molecule has 0 aromatic carbocycles. The fourth-order valence-electron chi connectivity index (χ4n) is 0.102. The van der Waals surface area contributed by atoms with Gasteiger partial charge in [0.05, 0.1) is 0 Å². The summed E-state index contributed by atoms with van der Waals surface area (Å²) in [6, 6.07) is 0. The molecule has 0 rings (SSSR count). The predicted octanol–water partition coefficient (Wildman–Crippen LogP) is -0.248. The SMILES string of the molecule is [O]C(=O)OCC=O. The molecule has 0 aliphatic carbocycles. The van der Waals surface area contributed by atoms with E-state index in [1.807, 2.05) is 0 Å². The van der Waals surface area contributed by atoms with Crippen molar-refractivity contribution in [2.24, 2.45) is 0 Å². The van der Waals surface area contributed by atoms with Gasteiger partial charge in [-0.25, -0.2) is 0 Å². The standard InChI is InChI=1S/C3H3O4/c4-1-2-7-3(5)6/h1H,2H2. The van der Waals surface area contributed by atoms with Crippen molar-refractivity contribution in [1.82, 2.24) is 0 Å². The molecule has 0 aromatic heterocycles. The molecule has 0 saturated carbocycles. The minimum Gasteiger partial charge on any atom is -0.424 e. The Kier molecular flexibility index (Phi) is 2.67. The second kappa shape index (κ2) is 3.14. The van der Waals surface area contributed by atoms with Crippen molar-refractivity contribution >= 4 is 12.4 Å². The van der Waals surface area contributed by atoms with E-state index in [4.69, 9.17) is 0 Å². The van der Waals surface area contributed by atoms with E-state index in [0.29, 0.717) is 6.29 Å². The first-order valence-corrected chi connectivity index (χ1v) is 1.54. The molecule has 0 saturated heterocycles. The summed E-state index contributed by atoms with van der Waals surface area (Å²) in [5.74, 6) is 0. The van der Waals surface area contributed by atoms with Gasteiger partial charge in [0.15, 0.2) is 12.9 Å². The average Bonchev–Trinajstić information content (AvgIpc) is 1.61. The van der Waals surface area contributed by atoms with Crippen molar-refractivity contribution in [3.63, 3.8) is 0 Å². The Balaban J connectivity index is 2.97. The van der Waals surface area contributed by atoms with Gasteiger partial charge in [0.1, 0.15) is 0 Å². The summed E-state index contributed by atoms with van der Waals surface area (Å²) in [4.78, 5) is 18.6. The Morgan fingerprint density at radius 2 is 2.29 bits per heavy atom. The van der Waals surface area contributed by atoms with E-state index in [1.54, 1.807) is 0 Å². The highest BCUT2D eigenvalue weighted by Crippen LogP contribution is 1.70. The lowest BCUT2D eigenvalue weighted by Crippen LogP contribution is -1.99. The minimum atomic E-state index is -1.67. The van der Waals surface area contributed by atoms with Gasteiger partial charge in [0, 0.05) is 0 Å². The third-order valence-electron chi connectivity index (χ3n) is 0.269. The number of carbonyl (C=O) groups is 2. The largest absolute Gasteiger partial charge is 0.550 e. The summed E-state index contributed by atoms with van der Waals surface area (Å²) in [5, 5.41) is 9.27. The van der Waals surface area contributed by atoms with E-state index in [0.717, 1.165) is 0 Å². The molecule has 1 radical (unpaired) electrons. The number of hydrogen-bond donors (Lipinski definition) is 0. The molecule has 0 unspecified atom stereocenters. The van der Waals surface area contributed by atoms with Gasteiger partial charge in [0.2, 0.25) is 0 Å². The van der Waals surface area contributed by atoms with Gasteiger partial charge >= 0.3 is 6.16 Å². The molecule has 7 heavy (non-hydrogen) atoms. The number of hydrogen-bond acceptors (Lipinski definition) is 3. The summed E-state index contributed by atoms with van der Waals surface area (Å²) in [5.41, 5.74) is 0. The Labute approximate surface area is 39.7 Å². The van der Waals surface area contributed by atoms with Crippen molar-refractivity contribution in [1.29, 1.82) is 0 Å². The van der Waals surface area contributed by atoms with Crippen LogP contribution in [-0.2, 0) is 14.6 Å². The summed E-state index contributed by atoms with van der Waals surface area (Å²) >= 11 is 0. The molecule has 0 N–H and O–H groups in total. The quantitative estimate of drug-likeness (QED) is 0.357. The van der Waals surface area contributed by atoms with Gasteiger partial charge < -0.3 is 4.74 Å². The Morgan fingerprint density at radius 3 is 2.43 bits per heavy atom. The van der Waals surface area contributed by atoms with Crippen molar-refractivity contribution in [3.8, 4) is 0 Å². The first kappa shape index (κ1) is 5.94. The minimum absolute atomic E-state index is 0.329. The van der Waals surface area contributed by atoms with Crippen molar-refractivity contribution in [2.45, 2.75) is 0 Å². The van der Waals surface area contributed by atoms with Crippen molar-refractivity contribution in [3.05, 3.63) is 0 Å². The molecule has 0 bridgehead atoms.